The molecule has 6 nitrogen and oxygen atoms in total. The minimum Gasteiger partial charge on any atom is -0.370 e. The number of aromatic nitrogens is 3. The Morgan fingerprint density at radius 2 is 2.07 bits per heavy atom. The van der Waals surface area contributed by atoms with Gasteiger partial charge in [0.05, 0.1) is 5.69 Å². The average Bonchev–Trinajstić information content (AvgIpc) is 3.36. The first-order valence-electron chi connectivity index (χ1n) is 10.2. The van der Waals surface area contributed by atoms with Gasteiger partial charge in [0.2, 0.25) is 5.91 Å². The molecule has 3 aromatic rings. The van der Waals surface area contributed by atoms with Crippen molar-refractivity contribution in [2.75, 3.05) is 31.6 Å². The number of aryl methyl sites for hydroxylation is 1. The molecule has 1 fully saturated rings. The number of benzene rings is 1. The quantitative estimate of drug-likeness (QED) is 0.616. The van der Waals surface area contributed by atoms with Crippen LogP contribution in [0, 0.1) is 11.6 Å². The van der Waals surface area contributed by atoms with Gasteiger partial charge in [-0.3, -0.25) is 4.79 Å². The number of likely N-dealkylation sites (N-methyl/N-ethyl adjacent to an activating group) is 1. The van der Waals surface area contributed by atoms with E-state index >= 15 is 0 Å². The standard InChI is InChI=1S/C13H16F2N2O.C9H11N3/c1-16(7-8-17-6-2-3-13(17)18)12-5-4-10(14)9-11(12)15;1-2-4-8-5-3-6-12-9(8)10-7-11-12/h4-5,9H,2-3,6-8H2,1H3;3,5-7H,2,4H2,1H3. The molecular formula is C22H27F2N5O. The molecule has 160 valence electrons. The predicted molar refractivity (Wildman–Crippen MR) is 112 cm³/mol. The summed E-state index contributed by atoms with van der Waals surface area (Å²) in [5.41, 5.74) is 2.61. The third kappa shape index (κ3) is 5.31. The Kier molecular flexibility index (Phi) is 7.32. The van der Waals surface area contributed by atoms with E-state index in [-0.39, 0.29) is 5.91 Å². The van der Waals surface area contributed by atoms with Gasteiger partial charge in [0.25, 0.3) is 0 Å². The number of carbonyl (C=O) groups excluding carboxylic acids is 1. The maximum absolute atomic E-state index is 13.5. The molecule has 0 saturated carbocycles. The smallest absolute Gasteiger partial charge is 0.222 e. The first kappa shape index (κ1) is 21.7. The van der Waals surface area contributed by atoms with Gasteiger partial charge in [-0.1, -0.05) is 19.4 Å². The average molecular weight is 415 g/mol. The predicted octanol–water partition coefficient (Wildman–Crippen LogP) is 3.71. The van der Waals surface area contributed by atoms with Crippen molar-refractivity contribution in [1.29, 1.82) is 0 Å². The van der Waals surface area contributed by atoms with Crippen molar-refractivity contribution >= 4 is 17.2 Å². The third-order valence-corrected chi connectivity index (χ3v) is 5.10. The van der Waals surface area contributed by atoms with Gasteiger partial charge < -0.3 is 9.80 Å². The van der Waals surface area contributed by atoms with Gasteiger partial charge in [-0.25, -0.2) is 18.3 Å². The van der Waals surface area contributed by atoms with Crippen LogP contribution in [0.1, 0.15) is 31.7 Å². The van der Waals surface area contributed by atoms with Crippen LogP contribution < -0.4 is 4.90 Å². The lowest BCUT2D eigenvalue weighted by Crippen LogP contribution is -2.34. The molecule has 0 atom stereocenters. The molecule has 0 spiro atoms. The van der Waals surface area contributed by atoms with Crippen molar-refractivity contribution in [2.24, 2.45) is 0 Å². The molecular weight excluding hydrogens is 388 g/mol. The fourth-order valence-corrected chi connectivity index (χ4v) is 3.49. The number of pyridine rings is 1. The summed E-state index contributed by atoms with van der Waals surface area (Å²) in [6.07, 6.45) is 7.23. The molecule has 0 aliphatic carbocycles. The molecule has 3 heterocycles. The lowest BCUT2D eigenvalue weighted by atomic mass is 10.2. The third-order valence-electron chi connectivity index (χ3n) is 5.10. The molecule has 1 aliphatic rings. The van der Waals surface area contributed by atoms with Crippen molar-refractivity contribution in [3.8, 4) is 0 Å². The molecule has 0 radical (unpaired) electrons. The highest BCUT2D eigenvalue weighted by atomic mass is 19.1. The van der Waals surface area contributed by atoms with E-state index in [1.165, 1.54) is 17.7 Å². The molecule has 1 aromatic carbocycles. The van der Waals surface area contributed by atoms with Crippen molar-refractivity contribution in [2.45, 2.75) is 32.6 Å². The Labute approximate surface area is 175 Å². The minimum absolute atomic E-state index is 0.156. The number of rotatable bonds is 6. The summed E-state index contributed by atoms with van der Waals surface area (Å²) in [6, 6.07) is 7.62. The van der Waals surface area contributed by atoms with Gasteiger partial charge in [-0.2, -0.15) is 5.10 Å². The second-order valence-electron chi connectivity index (χ2n) is 7.31. The number of halogens is 2. The van der Waals surface area contributed by atoms with Crippen molar-refractivity contribution in [3.63, 3.8) is 0 Å². The van der Waals surface area contributed by atoms with E-state index in [1.54, 1.807) is 23.2 Å². The monoisotopic (exact) mass is 415 g/mol. The molecule has 0 N–H and O–H groups in total. The first-order chi connectivity index (χ1) is 14.5. The summed E-state index contributed by atoms with van der Waals surface area (Å²) in [5.74, 6) is -1.01. The zero-order valence-electron chi connectivity index (χ0n) is 17.4. The maximum Gasteiger partial charge on any atom is 0.222 e. The van der Waals surface area contributed by atoms with Crippen LogP contribution in [-0.2, 0) is 11.2 Å². The van der Waals surface area contributed by atoms with Crippen LogP contribution in [0.5, 0.6) is 0 Å². The Balaban J connectivity index is 0.000000184. The summed E-state index contributed by atoms with van der Waals surface area (Å²) < 4.78 is 28.1. The van der Waals surface area contributed by atoms with E-state index in [2.05, 4.69) is 23.1 Å². The molecule has 1 saturated heterocycles. The summed E-state index contributed by atoms with van der Waals surface area (Å²) in [6.45, 7) is 4.05. The van der Waals surface area contributed by atoms with Gasteiger partial charge in [0.15, 0.2) is 5.65 Å². The van der Waals surface area contributed by atoms with E-state index in [4.69, 9.17) is 0 Å². The van der Waals surface area contributed by atoms with Crippen LogP contribution in [-0.4, -0.2) is 52.1 Å². The number of hydrogen-bond donors (Lipinski definition) is 0. The summed E-state index contributed by atoms with van der Waals surface area (Å²) >= 11 is 0. The highest BCUT2D eigenvalue weighted by Crippen LogP contribution is 2.19. The lowest BCUT2D eigenvalue weighted by molar-refractivity contribution is -0.127. The Morgan fingerprint density at radius 3 is 2.77 bits per heavy atom. The SMILES string of the molecule is CCCc1cccn2ncnc12.CN(CCN1CCCC1=O)c1ccc(F)cc1F. The fraction of sp³-hybridized carbons (Fsp3) is 0.409. The summed E-state index contributed by atoms with van der Waals surface area (Å²) in [4.78, 5) is 19.1. The van der Waals surface area contributed by atoms with Gasteiger partial charge in [-0.05, 0) is 36.6 Å². The largest absolute Gasteiger partial charge is 0.370 e. The maximum atomic E-state index is 13.5. The Hall–Kier alpha value is -3.03. The zero-order valence-corrected chi connectivity index (χ0v) is 17.4. The minimum atomic E-state index is -0.584. The molecule has 8 heteroatoms. The highest BCUT2D eigenvalue weighted by molar-refractivity contribution is 5.78. The van der Waals surface area contributed by atoms with Crippen LogP contribution in [0.2, 0.25) is 0 Å². The van der Waals surface area contributed by atoms with Crippen molar-refractivity contribution < 1.29 is 13.6 Å². The van der Waals surface area contributed by atoms with Crippen LogP contribution in [0.3, 0.4) is 0 Å². The van der Waals surface area contributed by atoms with E-state index in [0.29, 0.717) is 25.2 Å². The number of carbonyl (C=O) groups is 1. The van der Waals surface area contributed by atoms with Crippen LogP contribution >= 0.6 is 0 Å². The van der Waals surface area contributed by atoms with Crippen molar-refractivity contribution in [3.05, 3.63) is 60.1 Å². The number of fused-ring (bicyclic) bond motifs is 1. The molecule has 2 aromatic heterocycles. The van der Waals surface area contributed by atoms with Gasteiger partial charge in [-0.15, -0.1) is 0 Å². The summed E-state index contributed by atoms with van der Waals surface area (Å²) in [7, 11) is 1.73. The zero-order chi connectivity index (χ0) is 21.5. The van der Waals surface area contributed by atoms with Gasteiger partial charge in [0, 0.05) is 45.4 Å². The number of amides is 1. The molecule has 30 heavy (non-hydrogen) atoms. The topological polar surface area (TPSA) is 53.7 Å². The first-order valence-corrected chi connectivity index (χ1v) is 10.2. The van der Waals surface area contributed by atoms with Crippen LogP contribution in [0.25, 0.3) is 5.65 Å². The lowest BCUT2D eigenvalue weighted by Gasteiger charge is -2.23. The molecule has 1 aliphatic heterocycles. The van der Waals surface area contributed by atoms with E-state index in [9.17, 15) is 13.6 Å². The highest BCUT2D eigenvalue weighted by Gasteiger charge is 2.20. The van der Waals surface area contributed by atoms with Gasteiger partial charge >= 0.3 is 0 Å². The van der Waals surface area contributed by atoms with E-state index < -0.39 is 11.6 Å². The Bertz CT molecular complexity index is 991. The number of likely N-dealkylation sites (tertiary alicyclic amines) is 1. The molecule has 1 amide bonds. The van der Waals surface area contributed by atoms with Crippen LogP contribution in [0.15, 0.2) is 42.9 Å². The Morgan fingerprint density at radius 1 is 1.23 bits per heavy atom. The number of hydrogen-bond acceptors (Lipinski definition) is 4. The van der Waals surface area contributed by atoms with Crippen LogP contribution in [0.4, 0.5) is 14.5 Å². The van der Waals surface area contributed by atoms with E-state index in [1.807, 2.05) is 16.8 Å². The second-order valence-corrected chi connectivity index (χ2v) is 7.31. The molecule has 4 rings (SSSR count). The number of anilines is 1. The second kappa shape index (κ2) is 10.1. The van der Waals surface area contributed by atoms with Gasteiger partial charge in [0.1, 0.15) is 18.0 Å². The summed E-state index contributed by atoms with van der Waals surface area (Å²) in [5, 5.41) is 4.07. The molecule has 0 unspecified atom stereocenters. The normalized spacial score (nSPS) is 13.5. The van der Waals surface area contributed by atoms with E-state index in [0.717, 1.165) is 37.5 Å². The number of nitrogens with zero attached hydrogens (tertiary/aromatic N) is 5. The van der Waals surface area contributed by atoms with Crippen molar-refractivity contribution in [1.82, 2.24) is 19.5 Å². The fourth-order valence-electron chi connectivity index (χ4n) is 3.49. The molecule has 0 bridgehead atoms.